The van der Waals surface area contributed by atoms with Crippen molar-refractivity contribution in [2.75, 3.05) is 13.7 Å². The third-order valence-electron chi connectivity index (χ3n) is 18.5. The SMILES string of the molecule is COc1cccc2c1C(=O)c1c(O)c3c(c(O)c1C2=O)CC(O)(C(=O)COC(=O)OC1CCC2(C)C(=CCC4C2CCC2(C)C(C(C)CCCC(C)C)CCC42)C1)CC3OC1CC(N)C(O)C(C)O1. The van der Waals surface area contributed by atoms with Crippen molar-refractivity contribution in [3.8, 4) is 17.2 Å². The number of Topliss-reactive ketones (excluding diaryl/α,β-unsaturated/α-hetero) is 1. The molecule has 1 heterocycles. The lowest BCUT2D eigenvalue weighted by Gasteiger charge is -2.58. The predicted octanol–water partition coefficient (Wildman–Crippen LogP) is 8.57. The Hall–Kier alpha value is -4.34. The second-order valence-electron chi connectivity index (χ2n) is 22.8. The normalized spacial score (nSPS) is 36.2. The van der Waals surface area contributed by atoms with Crippen LogP contribution in [0.5, 0.6) is 17.2 Å². The van der Waals surface area contributed by atoms with Crippen molar-refractivity contribution in [3.05, 3.63) is 63.2 Å². The highest BCUT2D eigenvalue weighted by Gasteiger charge is 2.59. The molecule has 6 N–H and O–H groups in total. The van der Waals surface area contributed by atoms with Crippen LogP contribution in [0.2, 0.25) is 0 Å². The van der Waals surface area contributed by atoms with Crippen molar-refractivity contribution in [2.24, 2.45) is 52.1 Å². The Morgan fingerprint density at radius 1 is 0.957 bits per heavy atom. The number of ether oxygens (including phenoxy) is 5. The molecule has 14 atom stereocenters. The third-order valence-corrected chi connectivity index (χ3v) is 18.5. The Balaban J connectivity index is 0.889. The zero-order valence-electron chi connectivity index (χ0n) is 41.4. The molecule has 0 aromatic heterocycles. The number of phenols is 2. The van der Waals surface area contributed by atoms with Gasteiger partial charge in [0.2, 0.25) is 11.6 Å². The maximum Gasteiger partial charge on any atom is 0.508 e. The van der Waals surface area contributed by atoms with E-state index in [-0.39, 0.29) is 39.8 Å². The van der Waals surface area contributed by atoms with Crippen LogP contribution in [0.3, 0.4) is 0 Å². The Labute approximate surface area is 405 Å². The summed E-state index contributed by atoms with van der Waals surface area (Å²) in [5.74, 6) is 0.419. The second-order valence-corrected chi connectivity index (χ2v) is 22.8. The summed E-state index contributed by atoms with van der Waals surface area (Å²) < 4.78 is 28.9. The molecule has 9 rings (SSSR count). The molecule has 69 heavy (non-hydrogen) atoms. The monoisotopic (exact) mass is 956 g/mol. The lowest BCUT2D eigenvalue weighted by molar-refractivity contribution is -0.247. The van der Waals surface area contributed by atoms with Gasteiger partial charge < -0.3 is 49.8 Å². The topological polar surface area (TPSA) is 221 Å². The zero-order valence-corrected chi connectivity index (χ0v) is 41.4. The molecule has 1 saturated heterocycles. The highest BCUT2D eigenvalue weighted by atomic mass is 16.7. The Morgan fingerprint density at radius 3 is 2.43 bits per heavy atom. The zero-order chi connectivity index (χ0) is 49.5. The summed E-state index contributed by atoms with van der Waals surface area (Å²) in [6.45, 7) is 12.9. The number of allylic oxidation sites excluding steroid dienone is 1. The third kappa shape index (κ3) is 8.51. The van der Waals surface area contributed by atoms with Gasteiger partial charge in [0.05, 0.1) is 42.1 Å². The summed E-state index contributed by atoms with van der Waals surface area (Å²) in [7, 11) is 1.34. The Bertz CT molecular complexity index is 2400. The van der Waals surface area contributed by atoms with Crippen molar-refractivity contribution < 1.29 is 63.3 Å². The van der Waals surface area contributed by atoms with Gasteiger partial charge in [0.1, 0.15) is 29.0 Å². The number of methoxy groups -OCH3 is 1. The fourth-order valence-corrected chi connectivity index (χ4v) is 14.8. The summed E-state index contributed by atoms with van der Waals surface area (Å²) in [6, 6.07) is 3.64. The van der Waals surface area contributed by atoms with Gasteiger partial charge in [-0.1, -0.05) is 77.7 Å². The van der Waals surface area contributed by atoms with Gasteiger partial charge in [-0.3, -0.25) is 14.4 Å². The standard InChI is InChI=1S/C55H73NO13/c1-27(2)10-8-11-28(3)35-16-17-36-32-15-14-30-22-31(18-20-53(30,5)37(32)19-21-54(35,36)6)68-52(63)66-26-41(57)55(64)24-34-44(40(25-55)69-42-23-38(56)47(58)29(4)67-42)51(62)46-45(49(34)60)48(59)33-12-9-13-39(65-7)43(33)50(46)61/h9,12-14,27-29,31-32,35-38,40,42,47,58,60,62,64H,8,10-11,15-26,56H2,1-7H3. The van der Waals surface area contributed by atoms with Crippen LogP contribution in [0.15, 0.2) is 29.8 Å². The van der Waals surface area contributed by atoms with Crippen LogP contribution in [0.25, 0.3) is 0 Å². The number of hydrogen-bond acceptors (Lipinski definition) is 14. The number of nitrogens with two attached hydrogens (primary N) is 1. The number of fused-ring (bicyclic) bond motifs is 8. The molecule has 376 valence electrons. The molecule has 4 fully saturated rings. The minimum atomic E-state index is -2.38. The molecular weight excluding hydrogens is 883 g/mol. The predicted molar refractivity (Wildman–Crippen MR) is 254 cm³/mol. The van der Waals surface area contributed by atoms with Gasteiger partial charge in [-0.05, 0) is 104 Å². The number of phenolic OH excluding ortho intramolecular Hbond substituents is 2. The first kappa shape index (κ1) is 49.6. The van der Waals surface area contributed by atoms with E-state index in [2.05, 4.69) is 40.7 Å². The van der Waals surface area contributed by atoms with Crippen molar-refractivity contribution >= 4 is 23.5 Å². The Morgan fingerprint density at radius 2 is 1.71 bits per heavy atom. The van der Waals surface area contributed by atoms with Crippen molar-refractivity contribution in [2.45, 2.75) is 174 Å². The van der Waals surface area contributed by atoms with Gasteiger partial charge in [0.15, 0.2) is 18.7 Å². The fraction of sp³-hybridized carbons (Fsp3) is 0.673. The average Bonchev–Trinajstić information content (AvgIpc) is 3.67. The van der Waals surface area contributed by atoms with Crippen LogP contribution in [-0.2, 0) is 30.2 Å². The van der Waals surface area contributed by atoms with Gasteiger partial charge in [0.25, 0.3) is 0 Å². The molecule has 14 unspecified atom stereocenters. The van der Waals surface area contributed by atoms with Gasteiger partial charge in [-0.2, -0.15) is 0 Å². The lowest BCUT2D eigenvalue weighted by atomic mass is 9.47. The van der Waals surface area contributed by atoms with E-state index in [1.165, 1.54) is 75.8 Å². The molecule has 2 aromatic carbocycles. The quantitative estimate of drug-likeness (QED) is 0.0652. The van der Waals surface area contributed by atoms with Crippen LogP contribution in [0.1, 0.15) is 174 Å². The highest BCUT2D eigenvalue weighted by Crippen LogP contribution is 2.67. The van der Waals surface area contributed by atoms with Gasteiger partial charge in [0, 0.05) is 48.4 Å². The van der Waals surface area contributed by atoms with E-state index in [0.29, 0.717) is 30.1 Å². The van der Waals surface area contributed by atoms with Crippen LogP contribution >= 0.6 is 0 Å². The van der Waals surface area contributed by atoms with Crippen LogP contribution < -0.4 is 10.5 Å². The Kier molecular flexibility index (Phi) is 13.4. The molecule has 0 spiro atoms. The molecule has 6 aliphatic carbocycles. The van der Waals surface area contributed by atoms with Crippen LogP contribution in [0, 0.1) is 46.3 Å². The van der Waals surface area contributed by atoms with Crippen LogP contribution in [-0.4, -0.2) is 93.9 Å². The van der Waals surface area contributed by atoms with E-state index in [4.69, 9.17) is 29.4 Å². The summed E-state index contributed by atoms with van der Waals surface area (Å²) in [5, 5.41) is 46.5. The lowest BCUT2D eigenvalue weighted by Crippen LogP contribution is -2.53. The first-order valence-corrected chi connectivity index (χ1v) is 25.6. The number of rotatable bonds is 12. The minimum Gasteiger partial charge on any atom is -0.507 e. The van der Waals surface area contributed by atoms with E-state index in [1.807, 2.05) is 0 Å². The first-order valence-electron chi connectivity index (χ1n) is 25.6. The number of aromatic hydroxyl groups is 2. The number of ketones is 3. The fourth-order valence-electron chi connectivity index (χ4n) is 14.8. The number of carbonyl (C=O) groups excluding carboxylic acids is 4. The van der Waals surface area contributed by atoms with E-state index in [9.17, 15) is 39.6 Å². The molecule has 1 aliphatic heterocycles. The molecular formula is C55H73NO13. The van der Waals surface area contributed by atoms with Crippen molar-refractivity contribution in [1.82, 2.24) is 0 Å². The highest BCUT2D eigenvalue weighted by molar-refractivity contribution is 6.31. The first-order chi connectivity index (χ1) is 32.7. The molecule has 7 aliphatic rings. The van der Waals surface area contributed by atoms with Gasteiger partial charge in [-0.25, -0.2) is 4.79 Å². The molecule has 14 nitrogen and oxygen atoms in total. The average molecular weight is 956 g/mol. The summed E-state index contributed by atoms with van der Waals surface area (Å²) in [4.78, 5) is 55.6. The number of aliphatic hydroxyl groups is 2. The number of hydrogen-bond donors (Lipinski definition) is 5. The molecule has 3 saturated carbocycles. The molecule has 14 heteroatoms. The van der Waals surface area contributed by atoms with E-state index in [1.54, 1.807) is 6.92 Å². The minimum absolute atomic E-state index is 0.0186. The number of benzene rings is 2. The van der Waals surface area contributed by atoms with E-state index < -0.39 is 108 Å². The molecule has 0 radical (unpaired) electrons. The second kappa shape index (κ2) is 18.7. The maximum absolute atomic E-state index is 14.1. The van der Waals surface area contributed by atoms with Crippen molar-refractivity contribution in [3.63, 3.8) is 0 Å². The molecule has 0 amide bonds. The van der Waals surface area contributed by atoms with Gasteiger partial charge in [-0.15, -0.1) is 0 Å². The van der Waals surface area contributed by atoms with Crippen LogP contribution in [0.4, 0.5) is 4.79 Å². The number of carbonyl (C=O) groups is 4. The summed E-state index contributed by atoms with van der Waals surface area (Å²) in [6.07, 6.45) is 7.67. The van der Waals surface area contributed by atoms with Gasteiger partial charge >= 0.3 is 6.16 Å². The smallest absolute Gasteiger partial charge is 0.507 e. The maximum atomic E-state index is 14.1. The van der Waals surface area contributed by atoms with Crippen molar-refractivity contribution in [1.29, 1.82) is 0 Å². The largest absolute Gasteiger partial charge is 0.508 e. The summed E-state index contributed by atoms with van der Waals surface area (Å²) >= 11 is 0. The number of aliphatic hydroxyl groups excluding tert-OH is 1. The van der Waals surface area contributed by atoms with E-state index in [0.717, 1.165) is 36.5 Å². The molecule has 2 aromatic rings. The molecule has 0 bridgehead atoms. The van der Waals surface area contributed by atoms with E-state index >= 15 is 0 Å². The summed E-state index contributed by atoms with van der Waals surface area (Å²) in [5.41, 5.74) is 4.08.